The van der Waals surface area contributed by atoms with Crippen molar-refractivity contribution in [1.82, 2.24) is 19.8 Å². The topological polar surface area (TPSA) is 90.8 Å². The molecule has 0 spiro atoms. The quantitative estimate of drug-likeness (QED) is 0.375. The molecule has 0 saturated carbocycles. The molecular weight excluding hydrogens is 699 g/mol. The van der Waals surface area contributed by atoms with Gasteiger partial charge in [-0.1, -0.05) is 19.1 Å². The Labute approximate surface area is 230 Å². The van der Waals surface area contributed by atoms with Gasteiger partial charge in [0, 0.05) is 38.4 Å². The first-order chi connectivity index (χ1) is 16.5. The van der Waals surface area contributed by atoms with Gasteiger partial charge in [0.15, 0.2) is 0 Å². The summed E-state index contributed by atoms with van der Waals surface area (Å²) in [4.78, 5) is 25.6. The molecule has 2 amide bonds. The number of fused-ring (bicyclic) bond motifs is 1. The Morgan fingerprint density at radius 2 is 2.06 bits per heavy atom. The number of hydrogen-bond donors (Lipinski definition) is 2. The summed E-state index contributed by atoms with van der Waals surface area (Å²) in [7, 11) is 2.22. The van der Waals surface area contributed by atoms with E-state index in [1.807, 2.05) is 34.1 Å². The number of methoxy groups -OCH3 is 1. The minimum atomic E-state index is -0.691. The molecule has 0 aliphatic carbocycles. The number of aryl methyl sites for hydroxylation is 1. The maximum atomic E-state index is 13.0. The average molecular weight is 730 g/mol. The molecule has 1 fully saturated rings. The second-order valence-electron chi connectivity index (χ2n) is 8.16. The molecule has 0 radical (unpaired) electrons. The van der Waals surface area contributed by atoms with E-state index < -0.39 is 6.10 Å². The number of pyridine rings is 2. The first kappa shape index (κ1) is 27.8. The fourth-order valence-corrected chi connectivity index (χ4v) is 4.40. The van der Waals surface area contributed by atoms with E-state index in [-0.39, 0.29) is 12.1 Å². The van der Waals surface area contributed by atoms with Crippen molar-refractivity contribution in [2.75, 3.05) is 38.6 Å². The van der Waals surface area contributed by atoms with E-state index in [2.05, 4.69) is 62.2 Å². The molecule has 1 saturated heterocycles. The number of hydrogen-bond acceptors (Lipinski definition) is 6. The SMILES string of the molecule is CCC(c1ccc(OC)nc1)N1CCN(CCC(O)c2ccc3c(n2)NCCC3)C1=O.[I][V][I]. The normalized spacial score (nSPS) is 16.7. The first-order valence-electron chi connectivity index (χ1n) is 11.4. The number of carbonyl (C=O) groups excluding carboxylic acids is 1. The van der Waals surface area contributed by atoms with Crippen LogP contribution < -0.4 is 10.1 Å². The molecule has 0 bridgehead atoms. The zero-order valence-electron chi connectivity index (χ0n) is 19.5. The summed E-state index contributed by atoms with van der Waals surface area (Å²) in [6, 6.07) is 7.73. The van der Waals surface area contributed by atoms with Crippen LogP contribution >= 0.6 is 40.0 Å². The van der Waals surface area contributed by atoms with Crippen LogP contribution in [0.15, 0.2) is 30.5 Å². The Bertz CT molecular complexity index is 937. The fourth-order valence-electron chi connectivity index (χ4n) is 4.40. The van der Waals surface area contributed by atoms with Crippen molar-refractivity contribution in [3.05, 3.63) is 47.3 Å². The molecule has 4 heterocycles. The second-order valence-corrected chi connectivity index (χ2v) is 20.0. The number of halogens is 2. The van der Waals surface area contributed by atoms with Crippen LogP contribution in [0.4, 0.5) is 10.6 Å². The molecule has 2 aliphatic rings. The summed E-state index contributed by atoms with van der Waals surface area (Å²) in [6.07, 6.45) is 4.49. The van der Waals surface area contributed by atoms with E-state index in [9.17, 15) is 9.90 Å². The molecule has 2 aromatic rings. The van der Waals surface area contributed by atoms with E-state index in [1.54, 1.807) is 13.3 Å². The number of aliphatic hydroxyl groups is 1. The van der Waals surface area contributed by atoms with E-state index in [0.29, 0.717) is 47.1 Å². The van der Waals surface area contributed by atoms with Gasteiger partial charge in [-0.3, -0.25) is 0 Å². The van der Waals surface area contributed by atoms with Gasteiger partial charge in [-0.25, -0.2) is 14.8 Å². The number of ether oxygens (including phenoxy) is 1. The molecule has 2 unspecified atom stereocenters. The molecule has 2 atom stereocenters. The maximum absolute atomic E-state index is 13.0. The zero-order valence-corrected chi connectivity index (χ0v) is 25.2. The van der Waals surface area contributed by atoms with Crippen molar-refractivity contribution < 1.29 is 24.1 Å². The molecule has 34 heavy (non-hydrogen) atoms. The summed E-state index contributed by atoms with van der Waals surface area (Å²) >= 11 is 4.74. The molecule has 2 aliphatic heterocycles. The minimum absolute atomic E-state index is 0.00920. The molecule has 185 valence electrons. The van der Waals surface area contributed by atoms with Crippen molar-refractivity contribution in [3.8, 4) is 5.88 Å². The van der Waals surface area contributed by atoms with Gasteiger partial charge >= 0.3 is 55.5 Å². The van der Waals surface area contributed by atoms with Gasteiger partial charge in [0.1, 0.15) is 5.82 Å². The number of rotatable bonds is 8. The third-order valence-electron chi connectivity index (χ3n) is 6.17. The van der Waals surface area contributed by atoms with Crippen molar-refractivity contribution in [1.29, 1.82) is 0 Å². The van der Waals surface area contributed by atoms with Crippen molar-refractivity contribution in [2.45, 2.75) is 44.8 Å². The van der Waals surface area contributed by atoms with Gasteiger partial charge in [0.25, 0.3) is 0 Å². The van der Waals surface area contributed by atoms with Crippen LogP contribution in [0.25, 0.3) is 0 Å². The standard InChI is InChI=1S/C23H31N5O3.2HI.V/c1-3-19(17-7-9-21(31-2)25-15-17)28-14-13-27(23(28)30)12-10-20(29)18-8-6-16-5-4-11-24-22(16)26-18;;;/h6-9,15,19-20,29H,3-5,10-14H2,1-2H3,(H,24,26);2*1H;/q;;;+2/p-2. The van der Waals surface area contributed by atoms with Crippen LogP contribution in [0.2, 0.25) is 0 Å². The average Bonchev–Trinajstić information content (AvgIpc) is 3.23. The molecule has 8 nitrogen and oxygen atoms in total. The third-order valence-corrected chi connectivity index (χ3v) is 6.17. The number of urea groups is 1. The Hall–Kier alpha value is -0.826. The fraction of sp³-hybridized carbons (Fsp3) is 0.522. The Morgan fingerprint density at radius 1 is 1.26 bits per heavy atom. The Balaban J connectivity index is 0.00000103. The summed E-state index contributed by atoms with van der Waals surface area (Å²) in [6.45, 7) is 4.82. The number of aliphatic hydroxyl groups excluding tert-OH is 1. The van der Waals surface area contributed by atoms with E-state index >= 15 is 0 Å². The number of amides is 2. The molecule has 0 aromatic carbocycles. The zero-order chi connectivity index (χ0) is 24.5. The number of nitrogens with one attached hydrogen (secondary N) is 1. The first-order valence-corrected chi connectivity index (χ1v) is 20.4. The Kier molecular flexibility index (Phi) is 11.5. The summed E-state index contributed by atoms with van der Waals surface area (Å²) in [5.41, 5.74) is 2.86. The number of anilines is 1. The molecule has 2 N–H and O–H groups in total. The van der Waals surface area contributed by atoms with E-state index in [1.165, 1.54) is 5.56 Å². The van der Waals surface area contributed by atoms with Crippen LogP contribution in [0.1, 0.15) is 55.2 Å². The van der Waals surface area contributed by atoms with Crippen molar-refractivity contribution in [2.24, 2.45) is 0 Å². The second kappa shape index (κ2) is 14.1. The number of nitrogens with zero attached hydrogens (tertiary/aromatic N) is 4. The molecule has 11 heteroatoms. The van der Waals surface area contributed by atoms with Gasteiger partial charge in [0.2, 0.25) is 5.88 Å². The molecule has 2 aromatic heterocycles. The van der Waals surface area contributed by atoms with Gasteiger partial charge < -0.3 is 25.0 Å². The van der Waals surface area contributed by atoms with Gasteiger partial charge in [-0.2, -0.15) is 0 Å². The number of aromatic nitrogens is 2. The Morgan fingerprint density at radius 3 is 2.74 bits per heavy atom. The van der Waals surface area contributed by atoms with E-state index in [4.69, 9.17) is 4.74 Å². The van der Waals surface area contributed by atoms with Gasteiger partial charge in [0.05, 0.1) is 24.9 Å². The number of carbonyl (C=O) groups is 1. The molecular formula is C23H31I2N5O3V. The van der Waals surface area contributed by atoms with Crippen LogP contribution in [-0.2, 0) is 15.9 Å². The van der Waals surface area contributed by atoms with Gasteiger partial charge in [-0.15, -0.1) is 0 Å². The van der Waals surface area contributed by atoms with Crippen LogP contribution in [0, 0.1) is 0 Å². The summed E-state index contributed by atoms with van der Waals surface area (Å²) in [5.74, 6) is 1.44. The van der Waals surface area contributed by atoms with Crippen LogP contribution in [-0.4, -0.2) is 64.2 Å². The summed E-state index contributed by atoms with van der Waals surface area (Å²) < 4.78 is 5.14. The third kappa shape index (κ3) is 7.11. The monoisotopic (exact) mass is 730 g/mol. The molecule has 4 rings (SSSR count). The predicted octanol–water partition coefficient (Wildman–Crippen LogP) is 4.92. The summed E-state index contributed by atoms with van der Waals surface area (Å²) in [5, 5.41) is 14.0. The van der Waals surface area contributed by atoms with Gasteiger partial charge in [-0.05, 0) is 42.9 Å². The van der Waals surface area contributed by atoms with E-state index in [0.717, 1.165) is 37.2 Å². The van der Waals surface area contributed by atoms with Crippen molar-refractivity contribution >= 4 is 51.8 Å². The van der Waals surface area contributed by atoms with Crippen LogP contribution in [0.3, 0.4) is 0 Å². The predicted molar refractivity (Wildman–Crippen MR) is 146 cm³/mol. The van der Waals surface area contributed by atoms with Crippen molar-refractivity contribution in [3.63, 3.8) is 0 Å². The van der Waals surface area contributed by atoms with Crippen LogP contribution in [0.5, 0.6) is 5.88 Å².